The third-order valence-electron chi connectivity index (χ3n) is 4.68. The van der Waals surface area contributed by atoms with Gasteiger partial charge in [-0.25, -0.2) is 0 Å². The summed E-state index contributed by atoms with van der Waals surface area (Å²) in [5.74, 6) is -0.954. The lowest BCUT2D eigenvalue weighted by atomic mass is 9.96. The van der Waals surface area contributed by atoms with E-state index in [0.29, 0.717) is 12.6 Å². The molecular formula is C13H24N2O2. The number of aliphatic carboxylic acids is 1. The lowest BCUT2D eigenvalue weighted by molar-refractivity contribution is -0.141. The summed E-state index contributed by atoms with van der Waals surface area (Å²) in [5, 5.41) is 8.95. The molecule has 0 aliphatic carbocycles. The van der Waals surface area contributed by atoms with Gasteiger partial charge in [0.2, 0.25) is 0 Å². The van der Waals surface area contributed by atoms with Crippen LogP contribution in [0.15, 0.2) is 0 Å². The molecule has 4 heteroatoms. The van der Waals surface area contributed by atoms with E-state index in [4.69, 9.17) is 5.11 Å². The molecule has 2 fully saturated rings. The van der Waals surface area contributed by atoms with Gasteiger partial charge in [0.05, 0.1) is 5.92 Å². The summed E-state index contributed by atoms with van der Waals surface area (Å²) in [6, 6.07) is 2.02. The quantitative estimate of drug-likeness (QED) is 0.803. The summed E-state index contributed by atoms with van der Waals surface area (Å²) in [6.45, 7) is 2.46. The van der Waals surface area contributed by atoms with Crippen LogP contribution in [-0.2, 0) is 4.79 Å². The molecule has 2 aliphatic heterocycles. The second-order valence-electron chi connectivity index (χ2n) is 5.85. The predicted octanol–water partition coefficient (Wildman–Crippen LogP) is 1.26. The van der Waals surface area contributed by atoms with Gasteiger partial charge < -0.3 is 14.9 Å². The average Bonchev–Trinajstić information content (AvgIpc) is 2.53. The van der Waals surface area contributed by atoms with Gasteiger partial charge in [-0.1, -0.05) is 6.92 Å². The summed E-state index contributed by atoms with van der Waals surface area (Å²) < 4.78 is 0. The van der Waals surface area contributed by atoms with E-state index in [2.05, 4.69) is 23.9 Å². The second kappa shape index (κ2) is 4.94. The minimum absolute atomic E-state index is 0.266. The molecule has 0 saturated carbocycles. The summed E-state index contributed by atoms with van der Waals surface area (Å²) in [6.07, 6.45) is 5.05. The van der Waals surface area contributed by atoms with Crippen LogP contribution in [0, 0.1) is 5.92 Å². The minimum atomic E-state index is -0.687. The van der Waals surface area contributed by atoms with E-state index in [9.17, 15) is 4.79 Å². The summed E-state index contributed by atoms with van der Waals surface area (Å²) >= 11 is 0. The summed E-state index contributed by atoms with van der Waals surface area (Å²) in [5.41, 5.74) is 0. The van der Waals surface area contributed by atoms with Crippen LogP contribution in [0.3, 0.4) is 0 Å². The first kappa shape index (κ1) is 12.8. The normalized spacial score (nSPS) is 35.2. The molecule has 3 atom stereocenters. The molecule has 17 heavy (non-hydrogen) atoms. The van der Waals surface area contributed by atoms with Crippen LogP contribution >= 0.6 is 0 Å². The van der Waals surface area contributed by atoms with Crippen molar-refractivity contribution in [2.24, 2.45) is 5.92 Å². The first-order chi connectivity index (χ1) is 7.99. The molecule has 0 aromatic heterocycles. The van der Waals surface area contributed by atoms with Gasteiger partial charge in [0.1, 0.15) is 0 Å². The van der Waals surface area contributed by atoms with Crippen molar-refractivity contribution in [2.45, 2.75) is 50.7 Å². The predicted molar refractivity (Wildman–Crippen MR) is 67.0 cm³/mol. The van der Waals surface area contributed by atoms with Gasteiger partial charge >= 0.3 is 5.97 Å². The van der Waals surface area contributed by atoms with Gasteiger partial charge in [0, 0.05) is 24.7 Å². The standard InChI is InChI=1S/C13H24N2O2/c1-9(13(16)17)8-14(2)12-6-10-4-5-11(7-12)15(10)3/h9-12H,4-8H2,1-3H3,(H,16,17). The summed E-state index contributed by atoms with van der Waals surface area (Å²) in [4.78, 5) is 15.7. The molecule has 3 unspecified atom stereocenters. The number of nitrogens with zero attached hydrogens (tertiary/aromatic N) is 2. The van der Waals surface area contributed by atoms with Crippen molar-refractivity contribution in [2.75, 3.05) is 20.6 Å². The van der Waals surface area contributed by atoms with E-state index in [0.717, 1.165) is 12.1 Å². The lowest BCUT2D eigenvalue weighted by Crippen LogP contribution is -2.49. The average molecular weight is 240 g/mol. The van der Waals surface area contributed by atoms with Gasteiger partial charge in [-0.3, -0.25) is 4.79 Å². The number of fused-ring (bicyclic) bond motifs is 2. The fourth-order valence-electron chi connectivity index (χ4n) is 3.40. The molecular weight excluding hydrogens is 216 g/mol. The Kier molecular flexibility index (Phi) is 3.73. The molecule has 0 aromatic carbocycles. The molecule has 2 heterocycles. The smallest absolute Gasteiger partial charge is 0.307 e. The van der Waals surface area contributed by atoms with Crippen LogP contribution in [0.4, 0.5) is 0 Å². The van der Waals surface area contributed by atoms with Crippen molar-refractivity contribution in [3.8, 4) is 0 Å². The highest BCUT2D eigenvalue weighted by atomic mass is 16.4. The highest BCUT2D eigenvalue weighted by molar-refractivity contribution is 5.69. The van der Waals surface area contributed by atoms with E-state index in [1.54, 1.807) is 6.92 Å². The van der Waals surface area contributed by atoms with E-state index in [1.165, 1.54) is 25.7 Å². The van der Waals surface area contributed by atoms with Crippen molar-refractivity contribution in [3.63, 3.8) is 0 Å². The number of carbonyl (C=O) groups is 1. The van der Waals surface area contributed by atoms with Crippen LogP contribution in [0.25, 0.3) is 0 Å². The topological polar surface area (TPSA) is 43.8 Å². The number of rotatable bonds is 4. The Morgan fingerprint density at radius 3 is 2.41 bits per heavy atom. The number of hydrogen-bond donors (Lipinski definition) is 1. The monoisotopic (exact) mass is 240 g/mol. The van der Waals surface area contributed by atoms with Crippen LogP contribution < -0.4 is 0 Å². The molecule has 2 bridgehead atoms. The maximum Gasteiger partial charge on any atom is 0.307 e. The lowest BCUT2D eigenvalue weighted by Gasteiger charge is -2.40. The Hall–Kier alpha value is -0.610. The molecule has 0 radical (unpaired) electrons. The third-order valence-corrected chi connectivity index (χ3v) is 4.68. The fourth-order valence-corrected chi connectivity index (χ4v) is 3.40. The maximum absolute atomic E-state index is 10.9. The van der Waals surface area contributed by atoms with Gasteiger partial charge in [-0.2, -0.15) is 0 Å². The van der Waals surface area contributed by atoms with E-state index < -0.39 is 5.97 Å². The fraction of sp³-hybridized carbons (Fsp3) is 0.923. The minimum Gasteiger partial charge on any atom is -0.481 e. The van der Waals surface area contributed by atoms with Crippen molar-refractivity contribution in [3.05, 3.63) is 0 Å². The molecule has 4 nitrogen and oxygen atoms in total. The first-order valence-corrected chi connectivity index (χ1v) is 6.64. The first-order valence-electron chi connectivity index (χ1n) is 6.64. The number of hydrogen-bond acceptors (Lipinski definition) is 3. The Bertz CT molecular complexity index is 281. The van der Waals surface area contributed by atoms with Gasteiger partial charge in [-0.15, -0.1) is 0 Å². The van der Waals surface area contributed by atoms with Gasteiger partial charge in [0.25, 0.3) is 0 Å². The molecule has 2 rings (SSSR count). The van der Waals surface area contributed by atoms with Crippen molar-refractivity contribution in [1.82, 2.24) is 9.80 Å². The second-order valence-corrected chi connectivity index (χ2v) is 5.85. The SMILES string of the molecule is CC(CN(C)C1CC2CCC(C1)N2C)C(=O)O. The van der Waals surface area contributed by atoms with Crippen LogP contribution in [0.2, 0.25) is 0 Å². The van der Waals surface area contributed by atoms with Crippen molar-refractivity contribution < 1.29 is 9.90 Å². The molecule has 0 spiro atoms. The number of carboxylic acids is 1. The molecule has 2 saturated heterocycles. The Balaban J connectivity index is 1.89. The molecule has 2 aliphatic rings. The summed E-state index contributed by atoms with van der Waals surface area (Å²) in [7, 11) is 4.31. The zero-order valence-electron chi connectivity index (χ0n) is 11.1. The van der Waals surface area contributed by atoms with E-state index >= 15 is 0 Å². The Labute approximate surface area is 104 Å². The highest BCUT2D eigenvalue weighted by Crippen LogP contribution is 2.35. The van der Waals surface area contributed by atoms with Crippen LogP contribution in [-0.4, -0.2) is 59.6 Å². The zero-order chi connectivity index (χ0) is 12.6. The number of carboxylic acid groups (broad SMARTS) is 1. The van der Waals surface area contributed by atoms with Crippen molar-refractivity contribution in [1.29, 1.82) is 0 Å². The third kappa shape index (κ3) is 2.63. The number of piperidine rings is 1. The van der Waals surface area contributed by atoms with Crippen LogP contribution in [0.1, 0.15) is 32.6 Å². The van der Waals surface area contributed by atoms with E-state index in [1.807, 2.05) is 0 Å². The largest absolute Gasteiger partial charge is 0.481 e. The highest BCUT2D eigenvalue weighted by Gasteiger charge is 2.39. The molecule has 98 valence electrons. The zero-order valence-corrected chi connectivity index (χ0v) is 11.1. The van der Waals surface area contributed by atoms with Gasteiger partial charge in [0.15, 0.2) is 0 Å². The Morgan fingerprint density at radius 1 is 1.41 bits per heavy atom. The molecule has 1 N–H and O–H groups in total. The molecule has 0 amide bonds. The van der Waals surface area contributed by atoms with Crippen LogP contribution in [0.5, 0.6) is 0 Å². The van der Waals surface area contributed by atoms with Crippen molar-refractivity contribution >= 4 is 5.97 Å². The van der Waals surface area contributed by atoms with Gasteiger partial charge in [-0.05, 0) is 39.8 Å². The van der Waals surface area contributed by atoms with E-state index in [-0.39, 0.29) is 5.92 Å². The molecule has 0 aromatic rings. The maximum atomic E-state index is 10.9. The Morgan fingerprint density at radius 2 is 1.94 bits per heavy atom.